The Balaban J connectivity index is 0.00000288. The van der Waals surface area contributed by atoms with Gasteiger partial charge in [-0.05, 0) is 31.0 Å². The maximum Gasteiger partial charge on any atom is 0.227 e. The molecule has 0 radical (unpaired) electrons. The molecular weight excluding hydrogens is 361 g/mol. The Morgan fingerprint density at radius 2 is 1.88 bits per heavy atom. The second-order valence-corrected chi connectivity index (χ2v) is 6.05. The minimum absolute atomic E-state index is 0. The van der Waals surface area contributed by atoms with Gasteiger partial charge in [0, 0.05) is 44.5 Å². The van der Waals surface area contributed by atoms with Crippen LogP contribution in [0, 0.1) is 0 Å². The normalized spacial score (nSPS) is 17.5. The number of hydrogen-bond acceptors (Lipinski definition) is 4. The lowest BCUT2D eigenvalue weighted by molar-refractivity contribution is -0.133. The summed E-state index contributed by atoms with van der Waals surface area (Å²) in [5.41, 5.74) is 7.45. The van der Waals surface area contributed by atoms with Crippen molar-refractivity contribution in [2.45, 2.75) is 32.7 Å². The highest BCUT2D eigenvalue weighted by Gasteiger charge is 2.27. The molecule has 1 heterocycles. The third kappa shape index (κ3) is 7.40. The number of hydrogen-bond donors (Lipinski definition) is 1. The van der Waals surface area contributed by atoms with Crippen molar-refractivity contribution in [3.05, 3.63) is 29.8 Å². The zero-order chi connectivity index (χ0) is 16.7. The van der Waals surface area contributed by atoms with Crippen molar-refractivity contribution in [3.63, 3.8) is 0 Å². The molecule has 0 aromatic heterocycles. The zero-order valence-electron chi connectivity index (χ0n) is 15.1. The lowest BCUT2D eigenvalue weighted by Gasteiger charge is -2.41. The van der Waals surface area contributed by atoms with Crippen molar-refractivity contribution in [3.8, 4) is 0 Å². The average molecular weight is 392 g/mol. The van der Waals surface area contributed by atoms with Crippen LogP contribution in [0.15, 0.2) is 24.3 Å². The largest absolute Gasteiger partial charge is 0.399 e. The van der Waals surface area contributed by atoms with Gasteiger partial charge >= 0.3 is 0 Å². The van der Waals surface area contributed by atoms with Crippen LogP contribution in [0.3, 0.4) is 0 Å². The van der Waals surface area contributed by atoms with Gasteiger partial charge in [-0.3, -0.25) is 9.69 Å². The molecule has 144 valence electrons. The van der Waals surface area contributed by atoms with Crippen LogP contribution in [0.25, 0.3) is 0 Å². The Hall–Kier alpha value is -1.01. The summed E-state index contributed by atoms with van der Waals surface area (Å²) in [4.78, 5) is 17.0. The van der Waals surface area contributed by atoms with Crippen molar-refractivity contribution in [1.29, 1.82) is 0 Å². The summed E-state index contributed by atoms with van der Waals surface area (Å²) in [6, 6.07) is 8.00. The van der Waals surface area contributed by atoms with Gasteiger partial charge in [0.1, 0.15) is 0 Å². The summed E-state index contributed by atoms with van der Waals surface area (Å²) in [5, 5.41) is 0. The number of carbonyl (C=O) groups excluding carboxylic acids is 1. The van der Waals surface area contributed by atoms with Gasteiger partial charge in [0.2, 0.25) is 5.91 Å². The smallest absolute Gasteiger partial charge is 0.227 e. The number of piperazine rings is 1. The third-order valence-corrected chi connectivity index (χ3v) is 4.49. The second kappa shape index (κ2) is 12.4. The number of anilines is 1. The summed E-state index contributed by atoms with van der Waals surface area (Å²) in [6.07, 6.45) is 1.51. The van der Waals surface area contributed by atoms with Crippen molar-refractivity contribution in [2.75, 3.05) is 45.1 Å². The summed E-state index contributed by atoms with van der Waals surface area (Å²) >= 11 is 0. The Morgan fingerprint density at radius 1 is 1.20 bits per heavy atom. The fourth-order valence-electron chi connectivity index (χ4n) is 3.05. The lowest BCUT2D eigenvalue weighted by Crippen LogP contribution is -2.55. The molecule has 25 heavy (non-hydrogen) atoms. The maximum absolute atomic E-state index is 12.5. The molecule has 1 amide bonds. The van der Waals surface area contributed by atoms with Gasteiger partial charge in [0.05, 0.1) is 13.0 Å². The molecule has 5 nitrogen and oxygen atoms in total. The first kappa shape index (κ1) is 24.0. The minimum atomic E-state index is 0. The first-order valence-corrected chi connectivity index (χ1v) is 8.58. The van der Waals surface area contributed by atoms with E-state index in [2.05, 4.69) is 11.8 Å². The molecule has 2 rings (SSSR count). The van der Waals surface area contributed by atoms with E-state index >= 15 is 0 Å². The van der Waals surface area contributed by atoms with Crippen LogP contribution in [0.1, 0.15) is 25.8 Å². The molecule has 0 spiro atoms. The van der Waals surface area contributed by atoms with E-state index in [-0.39, 0.29) is 30.7 Å². The number of benzene rings is 1. The van der Waals surface area contributed by atoms with Gasteiger partial charge in [-0.2, -0.15) is 0 Å². The topological polar surface area (TPSA) is 58.8 Å². The molecule has 1 aliphatic rings. The van der Waals surface area contributed by atoms with Crippen molar-refractivity contribution in [1.82, 2.24) is 9.80 Å². The van der Waals surface area contributed by atoms with Crippen molar-refractivity contribution < 1.29 is 9.53 Å². The number of halogens is 2. The van der Waals surface area contributed by atoms with E-state index in [1.165, 1.54) is 0 Å². The number of nitrogens with zero attached hydrogens (tertiary/aromatic N) is 2. The summed E-state index contributed by atoms with van der Waals surface area (Å²) < 4.78 is 5.46. The first-order chi connectivity index (χ1) is 11.1. The van der Waals surface area contributed by atoms with E-state index in [0.717, 1.165) is 57.1 Å². The fraction of sp³-hybridized carbons (Fsp3) is 0.611. The van der Waals surface area contributed by atoms with E-state index in [4.69, 9.17) is 10.5 Å². The van der Waals surface area contributed by atoms with E-state index in [9.17, 15) is 4.79 Å². The summed E-state index contributed by atoms with van der Waals surface area (Å²) in [7, 11) is 0. The van der Waals surface area contributed by atoms with E-state index in [1.54, 1.807) is 0 Å². The SMILES string of the molecule is CCOCCN1CCN(C(=O)Cc2ccc(N)cc2)CC1CC.Cl.Cl. The Kier molecular flexibility index (Phi) is 11.9. The molecule has 1 aliphatic heterocycles. The second-order valence-electron chi connectivity index (χ2n) is 6.05. The number of nitrogens with two attached hydrogens (primary N) is 1. The number of amides is 1. The number of carbonyl (C=O) groups is 1. The highest BCUT2D eigenvalue weighted by Crippen LogP contribution is 2.15. The third-order valence-electron chi connectivity index (χ3n) is 4.49. The highest BCUT2D eigenvalue weighted by molar-refractivity contribution is 5.85. The molecular formula is C18H31Cl2N3O2. The first-order valence-electron chi connectivity index (χ1n) is 8.58. The predicted molar refractivity (Wildman–Crippen MR) is 108 cm³/mol. The molecule has 1 aromatic carbocycles. The lowest BCUT2D eigenvalue weighted by atomic mass is 10.1. The van der Waals surface area contributed by atoms with Crippen molar-refractivity contribution in [2.24, 2.45) is 0 Å². The Morgan fingerprint density at radius 3 is 2.48 bits per heavy atom. The van der Waals surface area contributed by atoms with Crippen LogP contribution in [0.4, 0.5) is 5.69 Å². The Labute approximate surface area is 163 Å². The average Bonchev–Trinajstić information content (AvgIpc) is 2.57. The molecule has 1 fully saturated rings. The number of nitrogen functional groups attached to an aromatic ring is 1. The molecule has 2 N–H and O–H groups in total. The van der Waals surface area contributed by atoms with Crippen LogP contribution in [0.2, 0.25) is 0 Å². The number of rotatable bonds is 7. The quantitative estimate of drug-likeness (QED) is 0.573. The Bertz CT molecular complexity index is 500. The van der Waals surface area contributed by atoms with Crippen LogP contribution in [0.5, 0.6) is 0 Å². The van der Waals surface area contributed by atoms with Gasteiger partial charge < -0.3 is 15.4 Å². The van der Waals surface area contributed by atoms with Gasteiger partial charge in [-0.1, -0.05) is 19.1 Å². The van der Waals surface area contributed by atoms with Crippen molar-refractivity contribution >= 4 is 36.4 Å². The van der Waals surface area contributed by atoms with Crippen LogP contribution < -0.4 is 5.73 Å². The number of ether oxygens (including phenoxy) is 1. The van der Waals surface area contributed by atoms with Gasteiger partial charge in [-0.15, -0.1) is 24.8 Å². The molecule has 1 atom stereocenters. The van der Waals surface area contributed by atoms with Gasteiger partial charge in [-0.25, -0.2) is 0 Å². The molecule has 0 saturated carbocycles. The maximum atomic E-state index is 12.5. The van der Waals surface area contributed by atoms with E-state index in [0.29, 0.717) is 12.5 Å². The monoisotopic (exact) mass is 391 g/mol. The van der Waals surface area contributed by atoms with Crippen LogP contribution in [-0.2, 0) is 16.0 Å². The summed E-state index contributed by atoms with van der Waals surface area (Å²) in [6.45, 7) is 9.23. The van der Waals surface area contributed by atoms with Gasteiger partial charge in [0.15, 0.2) is 0 Å². The van der Waals surface area contributed by atoms with Gasteiger partial charge in [0.25, 0.3) is 0 Å². The van der Waals surface area contributed by atoms with Crippen LogP contribution >= 0.6 is 24.8 Å². The van der Waals surface area contributed by atoms with Crippen LogP contribution in [-0.4, -0.2) is 61.1 Å². The van der Waals surface area contributed by atoms with E-state index < -0.39 is 0 Å². The molecule has 0 aliphatic carbocycles. The van der Waals surface area contributed by atoms with E-state index in [1.807, 2.05) is 36.1 Å². The predicted octanol–water partition coefficient (Wildman–Crippen LogP) is 2.61. The fourth-order valence-corrected chi connectivity index (χ4v) is 3.05. The molecule has 0 bridgehead atoms. The summed E-state index contributed by atoms with van der Waals surface area (Å²) in [5.74, 6) is 0.206. The zero-order valence-corrected chi connectivity index (χ0v) is 16.8. The molecule has 7 heteroatoms. The molecule has 1 saturated heterocycles. The molecule has 1 aromatic rings. The minimum Gasteiger partial charge on any atom is -0.399 e. The highest BCUT2D eigenvalue weighted by atomic mass is 35.5. The standard InChI is InChI=1S/C18H29N3O2.2ClH/c1-3-17-14-21(10-9-20(17)11-12-23-4-2)18(22)13-15-5-7-16(19)8-6-15;;/h5-8,17H,3-4,9-14,19H2,1-2H3;2*1H. The molecule has 1 unspecified atom stereocenters.